The van der Waals surface area contributed by atoms with Gasteiger partial charge in [-0.2, -0.15) is 5.10 Å². The molecule has 2 heterocycles. The fraction of sp³-hybridized carbons (Fsp3) is 0.517. The van der Waals surface area contributed by atoms with Crippen LogP contribution in [0.25, 0.3) is 10.9 Å². The third kappa shape index (κ3) is 5.90. The van der Waals surface area contributed by atoms with E-state index in [4.69, 9.17) is 10.2 Å². The lowest BCUT2D eigenvalue weighted by Gasteiger charge is -2.35. The van der Waals surface area contributed by atoms with Crippen molar-refractivity contribution in [2.24, 2.45) is 5.41 Å². The number of sulfonamides is 1. The molecular formula is C29H35F2N5O4S. The molecule has 1 aliphatic heterocycles. The number of aliphatic hydroxyl groups is 1. The van der Waals surface area contributed by atoms with Crippen LogP contribution in [0, 0.1) is 5.41 Å². The summed E-state index contributed by atoms with van der Waals surface area (Å²) >= 11 is 0. The predicted octanol–water partition coefficient (Wildman–Crippen LogP) is 5.15. The second-order valence-corrected chi connectivity index (χ2v) is 13.6. The SMILES string of the molecule is O=C(Nc1nn(C2CCC(F)(F)CC2)c2ccccc12)c1ccc(NS(=O)(=O)CCO)cc1N1CCC2(CC1)CC2. The molecule has 3 fully saturated rings. The van der Waals surface area contributed by atoms with Gasteiger partial charge in [0.1, 0.15) is 0 Å². The standard InChI is InChI=1S/C29H35F2N5O4S/c30-29(31)9-7-21(8-10-29)36-24-4-2-1-3-22(24)26(33-36)32-27(38)23-6-5-20(34-41(39,40)18-17-37)19-25(23)35-15-13-28(11-12-28)14-16-35/h1-6,19,21,34,37H,7-18H2,(H,32,33,38). The Morgan fingerprint density at radius 3 is 2.41 bits per heavy atom. The van der Waals surface area contributed by atoms with E-state index in [-0.39, 0.29) is 24.8 Å². The number of carbonyl (C=O) groups excluding carboxylic acids is 1. The van der Waals surface area contributed by atoms with Gasteiger partial charge in [0, 0.05) is 31.3 Å². The van der Waals surface area contributed by atoms with Crippen LogP contribution < -0.4 is 14.9 Å². The molecule has 0 bridgehead atoms. The van der Waals surface area contributed by atoms with Crippen molar-refractivity contribution in [3.63, 3.8) is 0 Å². The fourth-order valence-electron chi connectivity index (χ4n) is 6.20. The molecule has 1 spiro atoms. The van der Waals surface area contributed by atoms with Gasteiger partial charge >= 0.3 is 0 Å². The van der Waals surface area contributed by atoms with Gasteiger partial charge in [-0.25, -0.2) is 17.2 Å². The second kappa shape index (κ2) is 10.5. The quantitative estimate of drug-likeness (QED) is 0.336. The summed E-state index contributed by atoms with van der Waals surface area (Å²) in [6.07, 6.45) is 4.71. The highest BCUT2D eigenvalue weighted by Gasteiger charge is 2.44. The number of hydrogen-bond acceptors (Lipinski definition) is 6. The zero-order valence-corrected chi connectivity index (χ0v) is 23.6. The molecule has 3 aliphatic rings. The molecule has 41 heavy (non-hydrogen) atoms. The normalized spacial score (nSPS) is 20.3. The van der Waals surface area contributed by atoms with Crippen molar-refractivity contribution in [2.75, 3.05) is 40.4 Å². The summed E-state index contributed by atoms with van der Waals surface area (Å²) in [5.41, 5.74) is 2.52. The highest BCUT2D eigenvalue weighted by atomic mass is 32.2. The van der Waals surface area contributed by atoms with Gasteiger partial charge in [0.2, 0.25) is 15.9 Å². The van der Waals surface area contributed by atoms with Gasteiger partial charge in [-0.1, -0.05) is 12.1 Å². The molecule has 3 aromatic rings. The molecule has 1 aromatic heterocycles. The number of alkyl halides is 2. The molecule has 1 saturated heterocycles. The number of anilines is 3. The van der Waals surface area contributed by atoms with Gasteiger partial charge in [-0.3, -0.25) is 14.2 Å². The molecule has 9 nitrogen and oxygen atoms in total. The maximum absolute atomic E-state index is 13.8. The molecule has 3 N–H and O–H groups in total. The summed E-state index contributed by atoms with van der Waals surface area (Å²) in [5, 5.41) is 17.5. The first-order valence-electron chi connectivity index (χ1n) is 14.2. The van der Waals surface area contributed by atoms with Crippen molar-refractivity contribution in [3.05, 3.63) is 48.0 Å². The van der Waals surface area contributed by atoms with E-state index >= 15 is 0 Å². The van der Waals surface area contributed by atoms with Crippen molar-refractivity contribution < 1.29 is 27.1 Å². The number of benzene rings is 2. The van der Waals surface area contributed by atoms with Gasteiger partial charge in [0.05, 0.1) is 40.9 Å². The number of nitrogens with zero attached hydrogens (tertiary/aromatic N) is 3. The topological polar surface area (TPSA) is 117 Å². The van der Waals surface area contributed by atoms with Crippen molar-refractivity contribution in [1.82, 2.24) is 9.78 Å². The minimum absolute atomic E-state index is 0.185. The Hall–Kier alpha value is -3.25. The molecule has 6 rings (SSSR count). The molecule has 0 atom stereocenters. The van der Waals surface area contributed by atoms with Crippen LogP contribution in [0.3, 0.4) is 0 Å². The van der Waals surface area contributed by atoms with Crippen molar-refractivity contribution in [3.8, 4) is 0 Å². The third-order valence-corrected chi connectivity index (χ3v) is 10.1. The highest BCUT2D eigenvalue weighted by Crippen LogP contribution is 2.54. The molecule has 220 valence electrons. The van der Waals surface area contributed by atoms with E-state index in [1.165, 1.54) is 12.8 Å². The van der Waals surface area contributed by atoms with Gasteiger partial charge in [-0.05, 0) is 74.3 Å². The number of nitrogens with one attached hydrogen (secondary N) is 2. The Morgan fingerprint density at radius 1 is 1.02 bits per heavy atom. The molecule has 2 aromatic carbocycles. The Kier molecular flexibility index (Phi) is 7.17. The van der Waals surface area contributed by atoms with E-state index in [1.807, 2.05) is 24.3 Å². The van der Waals surface area contributed by atoms with Crippen LogP contribution in [0.2, 0.25) is 0 Å². The number of aliphatic hydroxyl groups excluding tert-OH is 1. The summed E-state index contributed by atoms with van der Waals surface area (Å²) in [6.45, 7) is 1.02. The number of amides is 1. The predicted molar refractivity (Wildman–Crippen MR) is 154 cm³/mol. The molecule has 1 amide bonds. The first-order chi connectivity index (χ1) is 19.6. The zero-order chi connectivity index (χ0) is 28.8. The number of para-hydroxylation sites is 1. The van der Waals surface area contributed by atoms with Gasteiger partial charge in [0.25, 0.3) is 5.91 Å². The fourth-order valence-corrected chi connectivity index (χ4v) is 7.03. The van der Waals surface area contributed by atoms with Crippen LogP contribution >= 0.6 is 0 Å². The van der Waals surface area contributed by atoms with Crippen LogP contribution in [-0.2, 0) is 10.0 Å². The highest BCUT2D eigenvalue weighted by molar-refractivity contribution is 7.92. The van der Waals surface area contributed by atoms with Crippen molar-refractivity contribution in [1.29, 1.82) is 0 Å². The first-order valence-corrected chi connectivity index (χ1v) is 15.9. The van der Waals surface area contributed by atoms with Crippen LogP contribution in [-0.4, -0.2) is 60.6 Å². The average Bonchev–Trinajstić information content (AvgIpc) is 3.60. The lowest BCUT2D eigenvalue weighted by Crippen LogP contribution is -2.35. The number of halogens is 2. The lowest BCUT2D eigenvalue weighted by atomic mass is 9.92. The summed E-state index contributed by atoms with van der Waals surface area (Å²) in [4.78, 5) is 15.9. The molecule has 2 saturated carbocycles. The molecule has 12 heteroatoms. The smallest absolute Gasteiger partial charge is 0.258 e. The number of carbonyl (C=O) groups is 1. The maximum Gasteiger partial charge on any atom is 0.258 e. The van der Waals surface area contributed by atoms with E-state index in [0.29, 0.717) is 41.0 Å². The number of piperidine rings is 1. The van der Waals surface area contributed by atoms with E-state index in [2.05, 4.69) is 14.9 Å². The Bertz CT molecular complexity index is 1550. The Labute approximate surface area is 238 Å². The Balaban J connectivity index is 1.30. The average molecular weight is 588 g/mol. The summed E-state index contributed by atoms with van der Waals surface area (Å²) in [5.74, 6) is -3.11. The minimum atomic E-state index is -3.74. The first kappa shape index (κ1) is 27.9. The lowest BCUT2D eigenvalue weighted by molar-refractivity contribution is -0.0445. The van der Waals surface area contributed by atoms with E-state index in [9.17, 15) is 22.0 Å². The molecule has 2 aliphatic carbocycles. The largest absolute Gasteiger partial charge is 0.395 e. The van der Waals surface area contributed by atoms with Crippen LogP contribution in [0.15, 0.2) is 42.5 Å². The summed E-state index contributed by atoms with van der Waals surface area (Å²) in [7, 11) is -3.74. The molecule has 0 radical (unpaired) electrons. The van der Waals surface area contributed by atoms with E-state index in [0.717, 1.165) is 36.8 Å². The number of hydrogen-bond donors (Lipinski definition) is 3. The van der Waals surface area contributed by atoms with Crippen LogP contribution in [0.4, 0.5) is 26.0 Å². The monoisotopic (exact) mass is 587 g/mol. The van der Waals surface area contributed by atoms with Crippen molar-refractivity contribution >= 4 is 44.0 Å². The van der Waals surface area contributed by atoms with Gasteiger partial charge in [0.15, 0.2) is 5.82 Å². The maximum atomic E-state index is 13.8. The third-order valence-electron chi connectivity index (χ3n) is 8.88. The van der Waals surface area contributed by atoms with Crippen LogP contribution in [0.5, 0.6) is 0 Å². The zero-order valence-electron chi connectivity index (χ0n) is 22.8. The minimum Gasteiger partial charge on any atom is -0.395 e. The number of aromatic nitrogens is 2. The number of fused-ring (bicyclic) bond motifs is 1. The van der Waals surface area contributed by atoms with Gasteiger partial charge < -0.3 is 15.3 Å². The number of rotatable bonds is 8. The van der Waals surface area contributed by atoms with E-state index in [1.54, 1.807) is 22.9 Å². The van der Waals surface area contributed by atoms with Gasteiger partial charge in [-0.15, -0.1) is 0 Å². The van der Waals surface area contributed by atoms with Crippen LogP contribution in [0.1, 0.15) is 67.8 Å². The second-order valence-electron chi connectivity index (χ2n) is 11.7. The summed E-state index contributed by atoms with van der Waals surface area (Å²) < 4.78 is 56.6. The van der Waals surface area contributed by atoms with E-state index < -0.39 is 28.3 Å². The van der Waals surface area contributed by atoms with Crippen molar-refractivity contribution in [2.45, 2.75) is 63.3 Å². The summed E-state index contributed by atoms with van der Waals surface area (Å²) in [6, 6.07) is 12.1. The molecule has 0 unspecified atom stereocenters. The molecular weight excluding hydrogens is 552 g/mol. The Morgan fingerprint density at radius 2 is 1.73 bits per heavy atom.